The molecule has 1 N–H and O–H groups in total. The number of unbranched alkanes of at least 4 members (excludes halogenated alkanes) is 2. The summed E-state index contributed by atoms with van der Waals surface area (Å²) in [4.78, 5) is 2.46. The average molecular weight is 522 g/mol. The standard InChI is InChI=1S/C36H43NO2/c1-3-5-27-37(28-6-4-2)35(30-19-11-7-12-20-30)34(38)29-39-36(31-21-13-8-14-22-31,32-23-15-9-16-24-32)33-25-17-10-18-26-33/h7-26,34-35,38H,3-6,27-29H2,1-2H3/t34-,35+/m0/s1. The number of aliphatic hydroxyl groups is 1. The van der Waals surface area contributed by atoms with Crippen molar-refractivity contribution in [2.45, 2.75) is 57.3 Å². The highest BCUT2D eigenvalue weighted by molar-refractivity contribution is 5.47. The maximum atomic E-state index is 12.0. The van der Waals surface area contributed by atoms with Crippen LogP contribution >= 0.6 is 0 Å². The molecular weight excluding hydrogens is 478 g/mol. The van der Waals surface area contributed by atoms with Gasteiger partial charge >= 0.3 is 0 Å². The average Bonchev–Trinajstić information content (AvgIpc) is 3.01. The number of benzene rings is 4. The van der Waals surface area contributed by atoms with Crippen molar-refractivity contribution in [1.82, 2.24) is 4.90 Å². The fourth-order valence-corrected chi connectivity index (χ4v) is 5.51. The molecule has 39 heavy (non-hydrogen) atoms. The van der Waals surface area contributed by atoms with E-state index in [0.717, 1.165) is 61.0 Å². The van der Waals surface area contributed by atoms with Crippen LogP contribution in [0.2, 0.25) is 0 Å². The Morgan fingerprint density at radius 2 is 1.00 bits per heavy atom. The Balaban J connectivity index is 1.75. The lowest BCUT2D eigenvalue weighted by Crippen LogP contribution is -2.42. The number of hydrogen-bond acceptors (Lipinski definition) is 3. The van der Waals surface area contributed by atoms with Gasteiger partial charge in [-0.05, 0) is 48.2 Å². The zero-order valence-corrected chi connectivity index (χ0v) is 23.5. The van der Waals surface area contributed by atoms with Gasteiger partial charge in [-0.25, -0.2) is 0 Å². The van der Waals surface area contributed by atoms with Crippen molar-refractivity contribution in [3.63, 3.8) is 0 Å². The van der Waals surface area contributed by atoms with Crippen LogP contribution < -0.4 is 0 Å². The first-order valence-electron chi connectivity index (χ1n) is 14.5. The predicted octanol–water partition coefficient (Wildman–Crippen LogP) is 8.00. The predicted molar refractivity (Wildman–Crippen MR) is 162 cm³/mol. The second-order valence-corrected chi connectivity index (χ2v) is 10.3. The minimum atomic E-state index is -0.857. The molecule has 4 aromatic carbocycles. The van der Waals surface area contributed by atoms with E-state index in [9.17, 15) is 5.11 Å². The van der Waals surface area contributed by atoms with Crippen molar-refractivity contribution >= 4 is 0 Å². The minimum Gasteiger partial charge on any atom is -0.389 e. The van der Waals surface area contributed by atoms with E-state index in [1.165, 1.54) is 0 Å². The molecular formula is C36H43NO2. The molecule has 204 valence electrons. The Morgan fingerprint density at radius 1 is 0.615 bits per heavy atom. The van der Waals surface area contributed by atoms with Gasteiger partial charge < -0.3 is 9.84 Å². The van der Waals surface area contributed by atoms with Gasteiger partial charge in [0.25, 0.3) is 0 Å². The Morgan fingerprint density at radius 3 is 1.38 bits per heavy atom. The molecule has 0 aromatic heterocycles. The van der Waals surface area contributed by atoms with E-state index in [2.05, 4.69) is 116 Å². The van der Waals surface area contributed by atoms with Crippen molar-refractivity contribution in [2.75, 3.05) is 19.7 Å². The minimum absolute atomic E-state index is 0.149. The summed E-state index contributed by atoms with van der Waals surface area (Å²) in [7, 11) is 0. The Kier molecular flexibility index (Phi) is 10.9. The van der Waals surface area contributed by atoms with Gasteiger partial charge in [0.1, 0.15) is 5.60 Å². The van der Waals surface area contributed by atoms with Gasteiger partial charge in [-0.1, -0.05) is 148 Å². The van der Waals surface area contributed by atoms with Crippen molar-refractivity contribution in [3.8, 4) is 0 Å². The maximum Gasteiger partial charge on any atom is 0.143 e. The normalized spacial score (nSPS) is 13.3. The summed E-state index contributed by atoms with van der Waals surface area (Å²) in [5, 5.41) is 12.0. The molecule has 0 heterocycles. The molecule has 0 spiro atoms. The molecule has 4 aromatic rings. The van der Waals surface area contributed by atoms with Crippen LogP contribution in [0.4, 0.5) is 0 Å². The fourth-order valence-electron chi connectivity index (χ4n) is 5.51. The molecule has 0 bridgehead atoms. The third-order valence-corrected chi connectivity index (χ3v) is 7.51. The Labute approximate surface area is 235 Å². The second kappa shape index (κ2) is 14.8. The molecule has 0 amide bonds. The van der Waals surface area contributed by atoms with Gasteiger partial charge in [-0.2, -0.15) is 0 Å². The molecule has 0 aliphatic heterocycles. The van der Waals surface area contributed by atoms with Crippen LogP contribution in [0.1, 0.15) is 67.8 Å². The molecule has 0 radical (unpaired) electrons. The van der Waals surface area contributed by atoms with E-state index < -0.39 is 11.7 Å². The van der Waals surface area contributed by atoms with Gasteiger partial charge in [-0.15, -0.1) is 0 Å². The second-order valence-electron chi connectivity index (χ2n) is 10.3. The highest BCUT2D eigenvalue weighted by Gasteiger charge is 2.39. The van der Waals surface area contributed by atoms with Crippen LogP contribution in [0.25, 0.3) is 0 Å². The van der Waals surface area contributed by atoms with Crippen LogP contribution in [0, 0.1) is 0 Å². The molecule has 2 atom stereocenters. The monoisotopic (exact) mass is 521 g/mol. The van der Waals surface area contributed by atoms with E-state index >= 15 is 0 Å². The number of hydrogen-bond donors (Lipinski definition) is 1. The van der Waals surface area contributed by atoms with E-state index in [-0.39, 0.29) is 12.6 Å². The zero-order chi connectivity index (χ0) is 27.3. The van der Waals surface area contributed by atoms with Gasteiger partial charge in [0.05, 0.1) is 18.8 Å². The maximum absolute atomic E-state index is 12.0. The largest absolute Gasteiger partial charge is 0.389 e. The summed E-state index contributed by atoms with van der Waals surface area (Å²) < 4.78 is 7.03. The summed E-state index contributed by atoms with van der Waals surface area (Å²) in [6.07, 6.45) is 3.73. The number of rotatable bonds is 15. The lowest BCUT2D eigenvalue weighted by molar-refractivity contribution is -0.0672. The Hall–Kier alpha value is -3.24. The van der Waals surface area contributed by atoms with E-state index in [4.69, 9.17) is 4.74 Å². The van der Waals surface area contributed by atoms with Crippen LogP contribution in [-0.4, -0.2) is 35.8 Å². The van der Waals surface area contributed by atoms with Crippen LogP contribution in [0.15, 0.2) is 121 Å². The van der Waals surface area contributed by atoms with Gasteiger partial charge in [-0.3, -0.25) is 4.90 Å². The molecule has 0 saturated heterocycles. The molecule has 0 saturated carbocycles. The van der Waals surface area contributed by atoms with Crippen molar-refractivity contribution in [3.05, 3.63) is 144 Å². The lowest BCUT2D eigenvalue weighted by atomic mass is 9.80. The van der Waals surface area contributed by atoms with E-state index in [0.29, 0.717) is 0 Å². The molecule has 0 aliphatic carbocycles. The summed E-state index contributed by atoms with van der Waals surface area (Å²) in [6, 6.07) is 41.4. The molecule has 3 heteroatoms. The van der Waals surface area contributed by atoms with Crippen molar-refractivity contribution in [2.24, 2.45) is 0 Å². The van der Waals surface area contributed by atoms with Gasteiger partial charge in [0.15, 0.2) is 0 Å². The Bertz CT molecular complexity index is 1090. The summed E-state index contributed by atoms with van der Waals surface area (Å²) >= 11 is 0. The molecule has 0 fully saturated rings. The van der Waals surface area contributed by atoms with E-state index in [1.54, 1.807) is 0 Å². The number of nitrogens with zero attached hydrogens (tertiary/aromatic N) is 1. The quantitative estimate of drug-likeness (QED) is 0.161. The molecule has 3 nitrogen and oxygen atoms in total. The molecule has 0 unspecified atom stereocenters. The fraction of sp³-hybridized carbons (Fsp3) is 0.333. The first-order chi connectivity index (χ1) is 19.2. The van der Waals surface area contributed by atoms with Crippen molar-refractivity contribution in [1.29, 1.82) is 0 Å². The summed E-state index contributed by atoms with van der Waals surface area (Å²) in [6.45, 7) is 6.54. The zero-order valence-electron chi connectivity index (χ0n) is 23.5. The third kappa shape index (κ3) is 7.05. The smallest absolute Gasteiger partial charge is 0.143 e. The topological polar surface area (TPSA) is 32.7 Å². The lowest BCUT2D eigenvalue weighted by Gasteiger charge is -2.39. The number of ether oxygens (including phenoxy) is 1. The van der Waals surface area contributed by atoms with Gasteiger partial charge in [0, 0.05) is 0 Å². The van der Waals surface area contributed by atoms with Crippen LogP contribution in [0.3, 0.4) is 0 Å². The van der Waals surface area contributed by atoms with Crippen molar-refractivity contribution < 1.29 is 9.84 Å². The first kappa shape index (κ1) is 28.8. The van der Waals surface area contributed by atoms with Crippen LogP contribution in [-0.2, 0) is 10.3 Å². The highest BCUT2D eigenvalue weighted by atomic mass is 16.5. The summed E-state index contributed by atoms with van der Waals surface area (Å²) in [5.74, 6) is 0. The SMILES string of the molecule is CCCCN(CCCC)[C@H](c1ccccc1)[C@@H](O)COC(c1ccccc1)(c1ccccc1)c1ccccc1. The first-order valence-corrected chi connectivity index (χ1v) is 14.5. The third-order valence-electron chi connectivity index (χ3n) is 7.51. The van der Waals surface area contributed by atoms with Gasteiger partial charge in [0.2, 0.25) is 0 Å². The van der Waals surface area contributed by atoms with Crippen LogP contribution in [0.5, 0.6) is 0 Å². The van der Waals surface area contributed by atoms with E-state index in [1.807, 2.05) is 24.3 Å². The molecule has 0 aliphatic rings. The molecule has 4 rings (SSSR count). The summed E-state index contributed by atoms with van der Waals surface area (Å²) in [5.41, 5.74) is 3.40. The highest BCUT2D eigenvalue weighted by Crippen LogP contribution is 2.41. The number of aliphatic hydroxyl groups excluding tert-OH is 1.